The summed E-state index contributed by atoms with van der Waals surface area (Å²) in [5, 5.41) is 11.0. The molecule has 1 aromatic carbocycles. The van der Waals surface area contributed by atoms with E-state index in [-0.39, 0.29) is 11.4 Å². The number of halogens is 1. The van der Waals surface area contributed by atoms with E-state index in [0.717, 1.165) is 0 Å². The zero-order valence-corrected chi connectivity index (χ0v) is 9.85. The summed E-state index contributed by atoms with van der Waals surface area (Å²) in [5.74, 6) is 0.241. The molecule has 3 N–H and O–H groups in total. The molecule has 3 rings (SSSR count). The van der Waals surface area contributed by atoms with Crippen LogP contribution in [0.1, 0.15) is 0 Å². The third kappa shape index (κ3) is 1.54. The lowest BCUT2D eigenvalue weighted by atomic mass is 10.3. The molecule has 3 aromatic rings. The Kier molecular flexibility index (Phi) is 2.31. The molecule has 0 radical (unpaired) electrons. The smallest absolute Gasteiger partial charge is 0.273 e. The minimum absolute atomic E-state index is 0.241. The quantitative estimate of drug-likeness (QED) is 0.692. The summed E-state index contributed by atoms with van der Waals surface area (Å²) in [4.78, 5) is 11.9. The first-order valence-electron chi connectivity index (χ1n) is 5.15. The molecule has 0 bridgehead atoms. The first-order valence-corrected chi connectivity index (χ1v) is 5.53. The van der Waals surface area contributed by atoms with Crippen molar-refractivity contribution in [2.75, 3.05) is 5.73 Å². The number of aromatic amines is 1. The number of fused-ring (bicyclic) bond motifs is 1. The molecule has 0 fully saturated rings. The lowest BCUT2D eigenvalue weighted by molar-refractivity contribution is 0.832. The van der Waals surface area contributed by atoms with Crippen LogP contribution in [0.3, 0.4) is 0 Å². The van der Waals surface area contributed by atoms with Crippen molar-refractivity contribution in [1.82, 2.24) is 20.0 Å². The first kappa shape index (κ1) is 10.8. The van der Waals surface area contributed by atoms with Crippen LogP contribution in [-0.2, 0) is 0 Å². The largest absolute Gasteiger partial charge is 0.380 e. The standard InChI is InChI=1S/C11H8ClN5O/c12-6-3-1-2-4-8(6)17-9(18)5-7-10(16-17)11(13)15-14-7/h1-5,14H,(H2,13,15). The van der Waals surface area contributed by atoms with Gasteiger partial charge in [-0.2, -0.15) is 14.9 Å². The van der Waals surface area contributed by atoms with Crippen LogP contribution in [0.2, 0.25) is 5.02 Å². The summed E-state index contributed by atoms with van der Waals surface area (Å²) in [6.45, 7) is 0. The Labute approximate surface area is 106 Å². The Morgan fingerprint density at radius 2 is 2.11 bits per heavy atom. The summed E-state index contributed by atoms with van der Waals surface area (Å²) in [6.07, 6.45) is 0. The van der Waals surface area contributed by atoms with Crippen molar-refractivity contribution in [3.05, 3.63) is 45.7 Å². The number of rotatable bonds is 1. The van der Waals surface area contributed by atoms with Gasteiger partial charge in [0.05, 0.1) is 16.2 Å². The highest BCUT2D eigenvalue weighted by molar-refractivity contribution is 6.32. The molecule has 0 amide bonds. The molecule has 6 nitrogen and oxygen atoms in total. The third-order valence-electron chi connectivity index (χ3n) is 2.55. The van der Waals surface area contributed by atoms with Gasteiger partial charge in [0.2, 0.25) is 0 Å². The van der Waals surface area contributed by atoms with Crippen LogP contribution in [0, 0.1) is 0 Å². The average molecular weight is 262 g/mol. The van der Waals surface area contributed by atoms with E-state index in [4.69, 9.17) is 17.3 Å². The van der Waals surface area contributed by atoms with Crippen LogP contribution in [0.5, 0.6) is 0 Å². The van der Waals surface area contributed by atoms with Crippen LogP contribution in [-0.4, -0.2) is 20.0 Å². The maximum Gasteiger partial charge on any atom is 0.273 e. The monoisotopic (exact) mass is 261 g/mol. The number of anilines is 1. The van der Waals surface area contributed by atoms with Gasteiger partial charge in [0, 0.05) is 6.07 Å². The van der Waals surface area contributed by atoms with Crippen molar-refractivity contribution in [3.8, 4) is 5.69 Å². The van der Waals surface area contributed by atoms with Crippen LogP contribution >= 0.6 is 11.6 Å². The maximum absolute atomic E-state index is 11.9. The number of nitrogens with zero attached hydrogens (tertiary/aromatic N) is 3. The molecule has 0 spiro atoms. The number of nitrogens with one attached hydrogen (secondary N) is 1. The fourth-order valence-corrected chi connectivity index (χ4v) is 1.92. The van der Waals surface area contributed by atoms with Crippen molar-refractivity contribution in [2.45, 2.75) is 0 Å². The van der Waals surface area contributed by atoms with Crippen molar-refractivity contribution >= 4 is 28.5 Å². The Morgan fingerprint density at radius 1 is 1.33 bits per heavy atom. The van der Waals surface area contributed by atoms with Gasteiger partial charge >= 0.3 is 0 Å². The maximum atomic E-state index is 11.9. The molecule has 0 saturated heterocycles. The highest BCUT2D eigenvalue weighted by Crippen LogP contribution is 2.19. The summed E-state index contributed by atoms with van der Waals surface area (Å²) in [5.41, 5.74) is 6.80. The lowest BCUT2D eigenvalue weighted by Gasteiger charge is -2.05. The van der Waals surface area contributed by atoms with E-state index in [0.29, 0.717) is 21.7 Å². The average Bonchev–Trinajstić information content (AvgIpc) is 2.70. The second-order valence-electron chi connectivity index (χ2n) is 3.72. The Balaban J connectivity index is 2.36. The second-order valence-corrected chi connectivity index (χ2v) is 4.12. The third-order valence-corrected chi connectivity index (χ3v) is 2.87. The van der Waals surface area contributed by atoms with Gasteiger partial charge in [0.1, 0.15) is 0 Å². The molecule has 0 aliphatic heterocycles. The minimum atomic E-state index is -0.306. The number of benzene rings is 1. The fourth-order valence-electron chi connectivity index (χ4n) is 1.70. The molecule has 0 aliphatic carbocycles. The van der Waals surface area contributed by atoms with Crippen molar-refractivity contribution in [2.24, 2.45) is 0 Å². The van der Waals surface area contributed by atoms with Crippen molar-refractivity contribution < 1.29 is 0 Å². The van der Waals surface area contributed by atoms with Crippen LogP contribution in [0.25, 0.3) is 16.7 Å². The zero-order chi connectivity index (χ0) is 12.7. The normalized spacial score (nSPS) is 10.9. The van der Waals surface area contributed by atoms with Gasteiger partial charge < -0.3 is 5.73 Å². The topological polar surface area (TPSA) is 89.6 Å². The van der Waals surface area contributed by atoms with Gasteiger partial charge in [-0.25, -0.2) is 0 Å². The molecule has 0 aliphatic rings. The Hall–Kier alpha value is -2.34. The highest BCUT2D eigenvalue weighted by Gasteiger charge is 2.10. The zero-order valence-electron chi connectivity index (χ0n) is 9.09. The Bertz CT molecular complexity index is 791. The van der Waals surface area contributed by atoms with Crippen LogP contribution in [0.4, 0.5) is 5.82 Å². The van der Waals surface area contributed by atoms with Crippen LogP contribution in [0.15, 0.2) is 35.1 Å². The van der Waals surface area contributed by atoms with E-state index in [1.807, 2.05) is 0 Å². The molecule has 0 saturated carbocycles. The fraction of sp³-hybridized carbons (Fsp3) is 0. The second kappa shape index (κ2) is 3.85. The molecule has 2 heterocycles. The molecule has 18 heavy (non-hydrogen) atoms. The molecular weight excluding hydrogens is 254 g/mol. The number of hydrogen-bond donors (Lipinski definition) is 2. The van der Waals surface area contributed by atoms with E-state index in [1.165, 1.54) is 10.7 Å². The lowest BCUT2D eigenvalue weighted by Crippen LogP contribution is -2.20. The van der Waals surface area contributed by atoms with Gasteiger partial charge in [-0.15, -0.1) is 0 Å². The minimum Gasteiger partial charge on any atom is -0.380 e. The van der Waals surface area contributed by atoms with E-state index >= 15 is 0 Å². The van der Waals surface area contributed by atoms with E-state index in [2.05, 4.69) is 15.3 Å². The van der Waals surface area contributed by atoms with Gasteiger partial charge in [-0.1, -0.05) is 23.7 Å². The van der Waals surface area contributed by atoms with Gasteiger partial charge in [-0.3, -0.25) is 9.89 Å². The predicted molar refractivity (Wildman–Crippen MR) is 68.9 cm³/mol. The number of hydrogen-bond acceptors (Lipinski definition) is 4. The molecule has 7 heteroatoms. The number of nitrogen functional groups attached to an aromatic ring is 1. The summed E-state index contributed by atoms with van der Waals surface area (Å²) in [7, 11) is 0. The van der Waals surface area contributed by atoms with E-state index in [9.17, 15) is 4.79 Å². The number of nitrogens with two attached hydrogens (primary N) is 1. The first-order chi connectivity index (χ1) is 8.66. The number of aromatic nitrogens is 4. The predicted octanol–water partition coefficient (Wildman–Crippen LogP) is 1.34. The SMILES string of the molecule is Nc1n[nH]c2cc(=O)n(-c3ccccc3Cl)nc12. The van der Waals surface area contributed by atoms with Gasteiger partial charge in [0.25, 0.3) is 5.56 Å². The van der Waals surface area contributed by atoms with Gasteiger partial charge in [-0.05, 0) is 12.1 Å². The summed E-state index contributed by atoms with van der Waals surface area (Å²) >= 11 is 6.04. The van der Waals surface area contributed by atoms with Gasteiger partial charge in [0.15, 0.2) is 11.3 Å². The highest BCUT2D eigenvalue weighted by atomic mass is 35.5. The van der Waals surface area contributed by atoms with Crippen molar-refractivity contribution in [3.63, 3.8) is 0 Å². The van der Waals surface area contributed by atoms with E-state index < -0.39 is 0 Å². The van der Waals surface area contributed by atoms with Crippen LogP contribution < -0.4 is 11.3 Å². The Morgan fingerprint density at radius 3 is 2.89 bits per heavy atom. The molecule has 0 unspecified atom stereocenters. The number of H-pyrrole nitrogens is 1. The summed E-state index contributed by atoms with van der Waals surface area (Å²) in [6, 6.07) is 8.33. The molecule has 0 atom stereocenters. The number of para-hydroxylation sites is 1. The van der Waals surface area contributed by atoms with Crippen molar-refractivity contribution in [1.29, 1.82) is 0 Å². The molecular formula is C11H8ClN5O. The molecule has 2 aromatic heterocycles. The van der Waals surface area contributed by atoms with E-state index in [1.54, 1.807) is 24.3 Å². The summed E-state index contributed by atoms with van der Waals surface area (Å²) < 4.78 is 1.20. The molecule has 90 valence electrons.